The van der Waals surface area contributed by atoms with Gasteiger partial charge < -0.3 is 40.9 Å². The molecule has 0 aliphatic heterocycles. The molecule has 0 unspecified atom stereocenters. The SMILES string of the molecule is CC(C)(C)c1ccc(O)c(C(C)(C)C)c1.CC(C)(C)c1ccc(O)c(C(C)(C)C)c1.CC(C)(C)c1ccc([O-])c(C(C)(C)C)c1.CC(C)(C)c1ccc([O-])c(C(C)(C)C)c1.CC(C)(C)c1ccc([O-])c(C(C)(C)C)c1.CC(C)(C)c1ccc([O-])c(C(C)(C)C)c1.CC(C)(C)c1ccc([O-])c(C(C)(C)C)c1.CC(C)(C)c1ccc([O-])c(C(C)(C)C)c1.[Nd+3].[Nd+3]. The van der Waals surface area contributed by atoms with E-state index in [1.807, 2.05) is 48.5 Å². The van der Waals surface area contributed by atoms with E-state index in [-0.39, 0.29) is 203 Å². The Hall–Kier alpha value is -5.14. The summed E-state index contributed by atoms with van der Waals surface area (Å²) < 4.78 is 0. The van der Waals surface area contributed by atoms with Gasteiger partial charge in [-0.05, 0) is 154 Å². The second-order valence-electron chi connectivity index (χ2n) is 49.7. The smallest absolute Gasteiger partial charge is 0.872 e. The summed E-state index contributed by atoms with van der Waals surface area (Å²) >= 11 is 0. The van der Waals surface area contributed by atoms with Crippen LogP contribution in [0.15, 0.2) is 146 Å². The third-order valence-corrected chi connectivity index (χ3v) is 21.3. The van der Waals surface area contributed by atoms with Crippen molar-refractivity contribution in [1.29, 1.82) is 0 Å². The molecule has 8 rings (SSSR count). The van der Waals surface area contributed by atoms with Gasteiger partial charge in [-0.3, -0.25) is 0 Å². The molecule has 0 spiro atoms. The number of phenols is 2. The molecule has 0 heterocycles. The summed E-state index contributed by atoms with van der Waals surface area (Å²) in [4.78, 5) is 0. The van der Waals surface area contributed by atoms with E-state index in [9.17, 15) is 40.9 Å². The van der Waals surface area contributed by atoms with Crippen LogP contribution in [0.2, 0.25) is 0 Å². The van der Waals surface area contributed by atoms with Crippen molar-refractivity contribution in [1.82, 2.24) is 0 Å². The normalized spacial score (nSPS) is 12.7. The Bertz CT molecular complexity index is 3700. The van der Waals surface area contributed by atoms with E-state index < -0.39 is 0 Å². The minimum Gasteiger partial charge on any atom is -0.872 e. The van der Waals surface area contributed by atoms with Crippen LogP contribution in [0.25, 0.3) is 0 Å². The Morgan fingerprint density at radius 3 is 0.320 bits per heavy atom. The van der Waals surface area contributed by atoms with Crippen molar-refractivity contribution in [3.8, 4) is 46.0 Å². The van der Waals surface area contributed by atoms with Gasteiger partial charge in [0.15, 0.2) is 0 Å². The van der Waals surface area contributed by atoms with Crippen LogP contribution in [0, 0.1) is 81.7 Å². The monoisotopic (exact) mass is 1930 g/mol. The molecule has 0 fully saturated rings. The van der Waals surface area contributed by atoms with Crippen molar-refractivity contribution < 1.29 is 123 Å². The van der Waals surface area contributed by atoms with E-state index in [2.05, 4.69) is 381 Å². The fraction of sp³-hybridized carbons (Fsp3) is 0.571. The average molecular weight is 1930 g/mol. The molecule has 8 nitrogen and oxygen atoms in total. The Morgan fingerprint density at radius 1 is 0.139 bits per heavy atom. The van der Waals surface area contributed by atoms with E-state index in [4.69, 9.17) is 0 Å². The predicted molar refractivity (Wildman–Crippen MR) is 511 cm³/mol. The van der Waals surface area contributed by atoms with Crippen molar-refractivity contribution in [2.24, 2.45) is 0 Å². The quantitative estimate of drug-likeness (QED) is 0.151. The molecule has 0 aliphatic rings. The molecule has 8 aromatic rings. The molecule has 2 N–H and O–H groups in total. The van der Waals surface area contributed by atoms with Gasteiger partial charge in [0.1, 0.15) is 11.5 Å². The fourth-order valence-electron chi connectivity index (χ4n) is 12.7. The van der Waals surface area contributed by atoms with Crippen molar-refractivity contribution in [3.05, 3.63) is 235 Å². The molecule has 0 bridgehead atoms. The zero-order valence-electron chi connectivity index (χ0n) is 86.2. The van der Waals surface area contributed by atoms with E-state index in [0.717, 1.165) is 44.5 Å². The summed E-state index contributed by atoms with van der Waals surface area (Å²) in [5.74, 6) is 1.69. The number of phenolic OH excluding ortho intramolecular Hbond substituents is 2. The predicted octanol–water partition coefficient (Wildman–Crippen LogP) is 28.1. The van der Waals surface area contributed by atoms with Crippen LogP contribution in [0.3, 0.4) is 0 Å². The van der Waals surface area contributed by atoms with Gasteiger partial charge in [0.2, 0.25) is 0 Å². The first-order valence-electron chi connectivity index (χ1n) is 43.6. The molecule has 0 atom stereocenters. The average Bonchev–Trinajstić information content (AvgIpc) is 0.853. The molecule has 0 amide bonds. The Labute approximate surface area is 814 Å². The van der Waals surface area contributed by atoms with E-state index in [1.54, 1.807) is 48.5 Å². The molecule has 122 heavy (non-hydrogen) atoms. The molecule has 674 valence electrons. The van der Waals surface area contributed by atoms with Gasteiger partial charge in [0.05, 0.1) is 0 Å². The molecule has 0 saturated carbocycles. The zero-order chi connectivity index (χ0) is 94.8. The summed E-state index contributed by atoms with van der Waals surface area (Å²) in [6.45, 7) is 102. The van der Waals surface area contributed by atoms with Gasteiger partial charge in [-0.2, -0.15) is 0 Å². The minimum atomic E-state index is -0.0711. The van der Waals surface area contributed by atoms with Crippen molar-refractivity contribution in [2.75, 3.05) is 0 Å². The first-order chi connectivity index (χ1) is 53.0. The summed E-state index contributed by atoms with van der Waals surface area (Å²) in [7, 11) is 0. The fourth-order valence-corrected chi connectivity index (χ4v) is 12.7. The molecule has 0 aliphatic carbocycles. The van der Waals surface area contributed by atoms with Crippen molar-refractivity contribution in [3.63, 3.8) is 0 Å². The maximum Gasteiger partial charge on any atom is 3.00 e. The van der Waals surface area contributed by atoms with Crippen LogP contribution in [0.5, 0.6) is 46.0 Å². The van der Waals surface area contributed by atoms with Gasteiger partial charge in [0, 0.05) is 0 Å². The van der Waals surface area contributed by atoms with E-state index in [1.165, 1.54) is 44.5 Å². The molecule has 2 radical (unpaired) electrons. The number of rotatable bonds is 0. The number of benzene rings is 8. The standard InChI is InChI=1S/8C14H22O.2Nd/c8*1-13(2,3)10-7-8-12(15)11(9-10)14(4,5)6;;/h8*7-9,15H,1-6H3;;/q;;;;;;;;2*+3/p-6. The second-order valence-corrected chi connectivity index (χ2v) is 49.7. The van der Waals surface area contributed by atoms with Crippen molar-refractivity contribution in [2.45, 2.75) is 419 Å². The first-order valence-corrected chi connectivity index (χ1v) is 43.6. The zero-order valence-corrected chi connectivity index (χ0v) is 92.6. The Kier molecular flexibility index (Phi) is 42.7. The van der Waals surface area contributed by atoms with Crippen LogP contribution in [0.1, 0.15) is 421 Å². The maximum absolute atomic E-state index is 11.7. The molecule has 10 heteroatoms. The topological polar surface area (TPSA) is 179 Å². The second kappa shape index (κ2) is 43.8. The van der Waals surface area contributed by atoms with Crippen molar-refractivity contribution >= 4 is 0 Å². The molecule has 8 aromatic carbocycles. The summed E-state index contributed by atoms with van der Waals surface area (Å²) in [6.07, 6.45) is 0. The largest absolute Gasteiger partial charge is 3.00 e. The van der Waals surface area contributed by atoms with Gasteiger partial charge in [-0.1, -0.05) is 499 Å². The number of hydrogen-bond donors (Lipinski definition) is 2. The first kappa shape index (κ1) is 119. The van der Waals surface area contributed by atoms with Crippen LogP contribution in [0.4, 0.5) is 0 Å². The summed E-state index contributed by atoms with van der Waals surface area (Å²) in [6, 6.07) is 46.0. The minimum absolute atomic E-state index is 0. The van der Waals surface area contributed by atoms with Crippen LogP contribution in [-0.2, 0) is 86.6 Å². The van der Waals surface area contributed by atoms with Gasteiger partial charge in [-0.15, -0.1) is 34.5 Å². The third kappa shape index (κ3) is 39.2. The number of hydrogen-bond acceptors (Lipinski definition) is 8. The molecular formula is C112H170Nd2O8. The van der Waals surface area contributed by atoms with Gasteiger partial charge >= 0.3 is 81.7 Å². The maximum atomic E-state index is 11.7. The van der Waals surface area contributed by atoms with E-state index in [0.29, 0.717) is 11.5 Å². The summed E-state index contributed by atoms with van der Waals surface area (Å²) in [5.41, 5.74) is 17.9. The Balaban J connectivity index is 0. The van der Waals surface area contributed by atoms with Gasteiger partial charge in [-0.25, -0.2) is 0 Å². The number of aromatic hydroxyl groups is 2. The summed E-state index contributed by atoms with van der Waals surface area (Å²) in [5, 5.41) is 90.1. The molecule has 0 saturated heterocycles. The van der Waals surface area contributed by atoms with Crippen LogP contribution in [-0.4, -0.2) is 10.2 Å². The van der Waals surface area contributed by atoms with Crippen LogP contribution < -0.4 is 30.6 Å². The van der Waals surface area contributed by atoms with Crippen LogP contribution >= 0.6 is 0 Å². The third-order valence-electron chi connectivity index (χ3n) is 21.3. The van der Waals surface area contributed by atoms with E-state index >= 15 is 0 Å². The molecule has 0 aromatic heterocycles. The van der Waals surface area contributed by atoms with Gasteiger partial charge in [0.25, 0.3) is 0 Å². The molecular weight excluding hydrogens is 1760 g/mol. The Morgan fingerprint density at radius 2 is 0.230 bits per heavy atom.